The number of nitrogens with one attached hydrogen (secondary N) is 1. The third-order valence-electron chi connectivity index (χ3n) is 1.94. The molecule has 0 atom stereocenters. The molecule has 0 bridgehead atoms. The molecule has 0 radical (unpaired) electrons. The number of benzene rings is 1. The number of esters is 1. The predicted molar refractivity (Wildman–Crippen MR) is 55.9 cm³/mol. The van der Waals surface area contributed by atoms with Crippen molar-refractivity contribution >= 4 is 33.0 Å². The van der Waals surface area contributed by atoms with Gasteiger partial charge in [-0.1, -0.05) is 0 Å². The van der Waals surface area contributed by atoms with Crippen LogP contribution in [-0.4, -0.2) is 18.1 Å². The lowest BCUT2D eigenvalue weighted by molar-refractivity contribution is 0.0603. The van der Waals surface area contributed by atoms with Crippen LogP contribution in [0.4, 0.5) is 0 Å². The molecule has 2 rings (SSSR count). The summed E-state index contributed by atoms with van der Waals surface area (Å²) in [7, 11) is 1.27. The van der Waals surface area contributed by atoms with Crippen LogP contribution in [0.1, 0.15) is 10.4 Å². The first-order valence-corrected chi connectivity index (χ1v) is 4.82. The fraction of sp³-hybridized carbons (Fsp3) is 0.111. The van der Waals surface area contributed by atoms with Crippen molar-refractivity contribution in [1.82, 2.24) is 4.98 Å². The van der Waals surface area contributed by atoms with Gasteiger partial charge in [-0.15, -0.1) is 0 Å². The zero-order valence-electron chi connectivity index (χ0n) is 7.67. The molecule has 0 saturated heterocycles. The molecule has 1 N–H and O–H groups in total. The summed E-state index contributed by atoms with van der Waals surface area (Å²) in [5, 5.41) is 0. The number of hydrogen-bond donors (Lipinski definition) is 1. The van der Waals surface area contributed by atoms with Crippen LogP contribution in [0, 0.1) is 0 Å². The Kier molecular flexibility index (Phi) is 2.36. The van der Waals surface area contributed by atoms with Crippen molar-refractivity contribution in [3.8, 4) is 0 Å². The fourth-order valence-electron chi connectivity index (χ4n) is 1.28. The van der Waals surface area contributed by atoms with E-state index in [1.54, 1.807) is 12.1 Å². The number of fused-ring (bicyclic) bond motifs is 1. The van der Waals surface area contributed by atoms with Crippen LogP contribution in [0.3, 0.4) is 0 Å². The maximum atomic E-state index is 11.3. The standard InChI is InChI=1S/C9H6BrNO4/c1-14-8(12)4-2-3-5(10)7-6(4)11-9(13)15-7/h2-3H,1H3,(H,11,13). The van der Waals surface area contributed by atoms with E-state index in [9.17, 15) is 9.59 Å². The minimum Gasteiger partial charge on any atom is -0.465 e. The third kappa shape index (κ3) is 1.56. The van der Waals surface area contributed by atoms with Crippen molar-refractivity contribution in [1.29, 1.82) is 0 Å². The quantitative estimate of drug-likeness (QED) is 0.801. The second kappa shape index (κ2) is 3.54. The molecule has 2 aromatic rings. The molecule has 1 heterocycles. The van der Waals surface area contributed by atoms with Gasteiger partial charge in [-0.25, -0.2) is 9.59 Å². The SMILES string of the molecule is COC(=O)c1ccc(Br)c2oc(=O)[nH]c12. The molecule has 0 unspecified atom stereocenters. The minimum absolute atomic E-state index is 0.265. The minimum atomic E-state index is -0.609. The Balaban J connectivity index is 2.82. The maximum absolute atomic E-state index is 11.3. The molecule has 0 spiro atoms. The van der Waals surface area contributed by atoms with Crippen molar-refractivity contribution in [3.63, 3.8) is 0 Å². The van der Waals surface area contributed by atoms with Gasteiger partial charge >= 0.3 is 11.7 Å². The van der Waals surface area contributed by atoms with Crippen LogP contribution in [0.25, 0.3) is 11.1 Å². The monoisotopic (exact) mass is 271 g/mol. The first-order chi connectivity index (χ1) is 7.13. The first-order valence-electron chi connectivity index (χ1n) is 4.03. The summed E-state index contributed by atoms with van der Waals surface area (Å²) < 4.78 is 10.0. The van der Waals surface area contributed by atoms with Gasteiger partial charge in [0.05, 0.1) is 17.1 Å². The number of methoxy groups -OCH3 is 1. The molecule has 0 aliphatic heterocycles. The Morgan fingerprint density at radius 3 is 2.93 bits per heavy atom. The van der Waals surface area contributed by atoms with Crippen LogP contribution in [0.15, 0.2) is 25.8 Å². The number of hydrogen-bond acceptors (Lipinski definition) is 4. The number of carbonyl (C=O) groups is 1. The van der Waals surface area contributed by atoms with E-state index in [1.165, 1.54) is 7.11 Å². The summed E-state index contributed by atoms with van der Waals surface area (Å²) in [6.45, 7) is 0. The molecule has 0 aliphatic rings. The Hall–Kier alpha value is -1.56. The highest BCUT2D eigenvalue weighted by molar-refractivity contribution is 9.10. The van der Waals surface area contributed by atoms with E-state index >= 15 is 0 Å². The Bertz CT molecular complexity index is 583. The molecule has 0 amide bonds. The molecule has 0 aliphatic carbocycles. The highest BCUT2D eigenvalue weighted by atomic mass is 79.9. The number of ether oxygens (including phenoxy) is 1. The topological polar surface area (TPSA) is 72.3 Å². The van der Waals surface area contributed by atoms with E-state index in [-0.39, 0.29) is 5.56 Å². The van der Waals surface area contributed by atoms with Crippen molar-refractivity contribution in [2.24, 2.45) is 0 Å². The summed E-state index contributed by atoms with van der Waals surface area (Å²) in [6, 6.07) is 3.16. The Labute approximate surface area is 92.2 Å². The van der Waals surface area contributed by atoms with Gasteiger partial charge < -0.3 is 9.15 Å². The molecule has 78 valence electrons. The molecule has 15 heavy (non-hydrogen) atoms. The molecule has 6 heteroatoms. The Morgan fingerprint density at radius 2 is 2.27 bits per heavy atom. The normalized spacial score (nSPS) is 10.5. The average molecular weight is 272 g/mol. The van der Waals surface area contributed by atoms with Crippen molar-refractivity contribution in [2.75, 3.05) is 7.11 Å². The van der Waals surface area contributed by atoms with Crippen LogP contribution in [0.5, 0.6) is 0 Å². The second-order valence-corrected chi connectivity index (χ2v) is 3.66. The van der Waals surface area contributed by atoms with E-state index in [2.05, 4.69) is 25.7 Å². The van der Waals surface area contributed by atoms with Gasteiger partial charge in [0.15, 0.2) is 5.58 Å². The van der Waals surface area contributed by atoms with Gasteiger partial charge in [-0.3, -0.25) is 4.98 Å². The van der Waals surface area contributed by atoms with E-state index in [0.717, 1.165) is 0 Å². The second-order valence-electron chi connectivity index (χ2n) is 2.81. The number of H-pyrrole nitrogens is 1. The van der Waals surface area contributed by atoms with Gasteiger partial charge in [0.1, 0.15) is 5.52 Å². The van der Waals surface area contributed by atoms with Crippen LogP contribution in [-0.2, 0) is 4.74 Å². The number of carbonyl (C=O) groups excluding carboxylic acids is 1. The molecular weight excluding hydrogens is 266 g/mol. The summed E-state index contributed by atoms with van der Waals surface area (Å²) in [5.41, 5.74) is 0.908. The number of rotatable bonds is 1. The van der Waals surface area contributed by atoms with Gasteiger partial charge in [0, 0.05) is 0 Å². The molecular formula is C9H6BrNO4. The zero-order valence-corrected chi connectivity index (χ0v) is 9.25. The van der Waals surface area contributed by atoms with Gasteiger partial charge in [0.2, 0.25) is 0 Å². The molecule has 5 nitrogen and oxygen atoms in total. The van der Waals surface area contributed by atoms with E-state index in [1.807, 2.05) is 0 Å². The Morgan fingerprint density at radius 1 is 1.53 bits per heavy atom. The predicted octanol–water partition coefficient (Wildman–Crippen LogP) is 1.67. The molecule has 1 aromatic carbocycles. The highest BCUT2D eigenvalue weighted by Gasteiger charge is 2.15. The lowest BCUT2D eigenvalue weighted by atomic mass is 10.2. The smallest absolute Gasteiger partial charge is 0.417 e. The summed E-state index contributed by atoms with van der Waals surface area (Å²) in [6.07, 6.45) is 0. The van der Waals surface area contributed by atoms with Crippen molar-refractivity contribution in [3.05, 3.63) is 32.7 Å². The summed E-state index contributed by atoms with van der Waals surface area (Å²) in [4.78, 5) is 24.8. The van der Waals surface area contributed by atoms with E-state index in [4.69, 9.17) is 4.42 Å². The maximum Gasteiger partial charge on any atom is 0.417 e. The van der Waals surface area contributed by atoms with Crippen molar-refractivity contribution in [2.45, 2.75) is 0 Å². The largest absolute Gasteiger partial charge is 0.465 e. The van der Waals surface area contributed by atoms with Crippen LogP contribution < -0.4 is 5.76 Å². The third-order valence-corrected chi connectivity index (χ3v) is 2.56. The van der Waals surface area contributed by atoms with Gasteiger partial charge in [-0.2, -0.15) is 0 Å². The van der Waals surface area contributed by atoms with Crippen LogP contribution >= 0.6 is 15.9 Å². The highest BCUT2D eigenvalue weighted by Crippen LogP contribution is 2.24. The number of aromatic nitrogens is 1. The van der Waals surface area contributed by atoms with E-state index in [0.29, 0.717) is 15.6 Å². The number of halogens is 1. The number of oxazole rings is 1. The summed E-state index contributed by atoms with van der Waals surface area (Å²) >= 11 is 3.21. The van der Waals surface area contributed by atoms with Gasteiger partial charge in [0.25, 0.3) is 0 Å². The molecule has 0 fully saturated rings. The zero-order chi connectivity index (χ0) is 11.0. The first kappa shape index (κ1) is 9.97. The summed E-state index contributed by atoms with van der Waals surface area (Å²) in [5.74, 6) is -1.13. The molecule has 1 aromatic heterocycles. The lowest BCUT2D eigenvalue weighted by Gasteiger charge is -2.00. The van der Waals surface area contributed by atoms with Gasteiger partial charge in [-0.05, 0) is 28.1 Å². The van der Waals surface area contributed by atoms with E-state index < -0.39 is 11.7 Å². The number of aromatic amines is 1. The molecule has 0 saturated carbocycles. The fourth-order valence-corrected chi connectivity index (χ4v) is 1.69. The van der Waals surface area contributed by atoms with Crippen molar-refractivity contribution < 1.29 is 13.9 Å². The lowest BCUT2D eigenvalue weighted by Crippen LogP contribution is -2.03. The van der Waals surface area contributed by atoms with Crippen LogP contribution in [0.2, 0.25) is 0 Å². The average Bonchev–Trinajstić information content (AvgIpc) is 2.60.